The summed E-state index contributed by atoms with van der Waals surface area (Å²) < 4.78 is 25.0. The normalized spacial score (nSPS) is 19.0. The van der Waals surface area contributed by atoms with E-state index in [2.05, 4.69) is 20.2 Å². The van der Waals surface area contributed by atoms with Gasteiger partial charge in [-0.25, -0.2) is 14.4 Å². The number of nitrogen functional groups attached to an aromatic ring is 1. The third-order valence-corrected chi connectivity index (χ3v) is 6.08. The summed E-state index contributed by atoms with van der Waals surface area (Å²) >= 11 is 1.34. The van der Waals surface area contributed by atoms with Crippen molar-refractivity contribution >= 4 is 23.4 Å². The highest BCUT2D eigenvalue weighted by molar-refractivity contribution is 8.01. The first-order valence-electron chi connectivity index (χ1n) is 9.41. The second kappa shape index (κ2) is 8.93. The molecule has 1 atom stereocenters. The Morgan fingerprint density at radius 1 is 1.38 bits per heavy atom. The summed E-state index contributed by atoms with van der Waals surface area (Å²) in [5.74, 6) is -0.352. The maximum atomic E-state index is 14.1. The SMILES string of the molecule is Nc1ccc(Oc2ncnc3c2SC(C(=O)NCCN2CCOCC2)C3)c(F)c1. The van der Waals surface area contributed by atoms with Crippen molar-refractivity contribution in [3.63, 3.8) is 0 Å². The number of amides is 1. The highest BCUT2D eigenvalue weighted by Crippen LogP contribution is 2.42. The fourth-order valence-corrected chi connectivity index (χ4v) is 4.40. The maximum absolute atomic E-state index is 14.1. The van der Waals surface area contributed by atoms with Crippen LogP contribution in [0.2, 0.25) is 0 Å². The number of halogens is 1. The number of hydrogen-bond acceptors (Lipinski definition) is 8. The molecule has 2 aliphatic heterocycles. The quantitative estimate of drug-likeness (QED) is 0.679. The molecule has 2 aliphatic rings. The minimum absolute atomic E-state index is 0.0270. The Morgan fingerprint density at radius 2 is 2.21 bits per heavy atom. The summed E-state index contributed by atoms with van der Waals surface area (Å²) in [6.45, 7) is 4.62. The van der Waals surface area contributed by atoms with Gasteiger partial charge in [0.05, 0.1) is 29.1 Å². The van der Waals surface area contributed by atoms with E-state index in [-0.39, 0.29) is 22.8 Å². The first-order chi connectivity index (χ1) is 14.1. The number of rotatable bonds is 6. The third-order valence-electron chi connectivity index (χ3n) is 4.77. The molecule has 1 saturated heterocycles. The zero-order valence-electron chi connectivity index (χ0n) is 15.8. The Kier molecular flexibility index (Phi) is 6.12. The van der Waals surface area contributed by atoms with Gasteiger partial charge < -0.3 is 20.5 Å². The Labute approximate surface area is 172 Å². The van der Waals surface area contributed by atoms with Crippen LogP contribution in [0.3, 0.4) is 0 Å². The summed E-state index contributed by atoms with van der Waals surface area (Å²) in [5, 5.41) is 2.67. The molecule has 8 nitrogen and oxygen atoms in total. The second-order valence-electron chi connectivity index (χ2n) is 6.80. The number of nitrogens with one attached hydrogen (secondary N) is 1. The number of benzene rings is 1. The van der Waals surface area contributed by atoms with Gasteiger partial charge in [0, 0.05) is 44.4 Å². The van der Waals surface area contributed by atoms with Gasteiger partial charge in [-0.05, 0) is 12.1 Å². The van der Waals surface area contributed by atoms with Crippen LogP contribution in [-0.2, 0) is 16.0 Å². The van der Waals surface area contributed by atoms with Crippen LogP contribution >= 0.6 is 11.8 Å². The second-order valence-corrected chi connectivity index (χ2v) is 8.02. The lowest BCUT2D eigenvalue weighted by molar-refractivity contribution is -0.120. The van der Waals surface area contributed by atoms with Crippen LogP contribution < -0.4 is 15.8 Å². The molecule has 0 bridgehead atoms. The number of anilines is 1. The van der Waals surface area contributed by atoms with Gasteiger partial charge in [0.2, 0.25) is 11.8 Å². The number of ether oxygens (including phenoxy) is 2. The van der Waals surface area contributed by atoms with Crippen molar-refractivity contribution in [3.8, 4) is 11.6 Å². The smallest absolute Gasteiger partial charge is 0.236 e. The lowest BCUT2D eigenvalue weighted by Gasteiger charge is -2.26. The summed E-state index contributed by atoms with van der Waals surface area (Å²) in [5.41, 5.74) is 6.61. The summed E-state index contributed by atoms with van der Waals surface area (Å²) in [4.78, 5) is 23.9. The molecule has 3 heterocycles. The first kappa shape index (κ1) is 19.9. The molecule has 154 valence electrons. The van der Waals surface area contributed by atoms with Crippen LogP contribution in [-0.4, -0.2) is 65.4 Å². The van der Waals surface area contributed by atoms with Gasteiger partial charge in [0.25, 0.3) is 0 Å². The standard InChI is InChI=1S/C19H22FN5O3S/c20-13-9-12(21)1-2-15(13)28-19-17-14(23-11-24-19)10-16(29-17)18(26)22-3-4-25-5-7-27-8-6-25/h1-2,9,11,16H,3-8,10,21H2,(H,22,26). The number of fused-ring (bicyclic) bond motifs is 1. The number of carbonyl (C=O) groups excluding carboxylic acids is 1. The van der Waals surface area contributed by atoms with Crippen molar-refractivity contribution in [2.75, 3.05) is 45.1 Å². The Hall–Kier alpha value is -2.43. The van der Waals surface area contributed by atoms with Crippen molar-refractivity contribution in [2.24, 2.45) is 0 Å². The van der Waals surface area contributed by atoms with Crippen LogP contribution in [0.5, 0.6) is 11.6 Å². The van der Waals surface area contributed by atoms with E-state index in [4.69, 9.17) is 15.2 Å². The summed E-state index contributed by atoms with van der Waals surface area (Å²) in [6, 6.07) is 4.20. The number of aromatic nitrogens is 2. The molecule has 0 saturated carbocycles. The van der Waals surface area contributed by atoms with Crippen LogP contribution in [0.1, 0.15) is 5.69 Å². The number of hydrogen-bond donors (Lipinski definition) is 2. The lowest BCUT2D eigenvalue weighted by Crippen LogP contribution is -2.42. The van der Waals surface area contributed by atoms with E-state index >= 15 is 0 Å². The monoisotopic (exact) mass is 419 g/mol. The molecular formula is C19H22FN5O3S. The zero-order valence-corrected chi connectivity index (χ0v) is 16.6. The molecule has 1 aromatic carbocycles. The van der Waals surface area contributed by atoms with E-state index in [1.54, 1.807) is 6.07 Å². The van der Waals surface area contributed by atoms with Gasteiger partial charge in [0.15, 0.2) is 11.6 Å². The predicted octanol–water partition coefficient (Wildman–Crippen LogP) is 1.46. The third kappa shape index (κ3) is 4.77. The maximum Gasteiger partial charge on any atom is 0.236 e. The summed E-state index contributed by atoms with van der Waals surface area (Å²) in [7, 11) is 0. The fourth-order valence-electron chi connectivity index (χ4n) is 3.21. The van der Waals surface area contributed by atoms with Crippen LogP contribution in [0.4, 0.5) is 10.1 Å². The van der Waals surface area contributed by atoms with Gasteiger partial charge in [-0.2, -0.15) is 0 Å². The minimum Gasteiger partial charge on any atom is -0.435 e. The average molecular weight is 419 g/mol. The van der Waals surface area contributed by atoms with Crippen molar-refractivity contribution < 1.29 is 18.7 Å². The van der Waals surface area contributed by atoms with Gasteiger partial charge in [-0.3, -0.25) is 9.69 Å². The molecule has 0 radical (unpaired) electrons. The zero-order chi connectivity index (χ0) is 20.2. The van der Waals surface area contributed by atoms with E-state index in [9.17, 15) is 9.18 Å². The van der Waals surface area contributed by atoms with Crippen LogP contribution in [0, 0.1) is 5.82 Å². The molecule has 3 N–H and O–H groups in total. The molecule has 29 heavy (non-hydrogen) atoms. The van der Waals surface area contributed by atoms with E-state index in [1.165, 1.54) is 30.2 Å². The number of morpholine rings is 1. The molecule has 1 aromatic heterocycles. The molecular weight excluding hydrogens is 397 g/mol. The van der Waals surface area contributed by atoms with Crippen molar-refractivity contribution in [1.82, 2.24) is 20.2 Å². The van der Waals surface area contributed by atoms with E-state index in [0.717, 1.165) is 38.5 Å². The minimum atomic E-state index is -0.572. The fraction of sp³-hybridized carbons (Fsp3) is 0.421. The Bertz CT molecular complexity index is 894. The predicted molar refractivity (Wildman–Crippen MR) is 107 cm³/mol. The number of thioether (sulfide) groups is 1. The van der Waals surface area contributed by atoms with Crippen LogP contribution in [0.15, 0.2) is 29.4 Å². The Morgan fingerprint density at radius 3 is 3.00 bits per heavy atom. The van der Waals surface area contributed by atoms with Gasteiger partial charge >= 0.3 is 0 Å². The van der Waals surface area contributed by atoms with Crippen molar-refractivity contribution in [2.45, 2.75) is 16.6 Å². The molecule has 1 unspecified atom stereocenters. The van der Waals surface area contributed by atoms with Gasteiger partial charge in [-0.1, -0.05) is 0 Å². The van der Waals surface area contributed by atoms with Crippen molar-refractivity contribution in [1.29, 1.82) is 0 Å². The van der Waals surface area contributed by atoms with E-state index in [1.807, 2.05) is 0 Å². The van der Waals surface area contributed by atoms with Crippen molar-refractivity contribution in [3.05, 3.63) is 36.0 Å². The number of nitrogens with two attached hydrogens (primary N) is 1. The molecule has 4 rings (SSSR count). The molecule has 1 fully saturated rings. The largest absolute Gasteiger partial charge is 0.435 e. The number of nitrogens with zero attached hydrogens (tertiary/aromatic N) is 3. The first-order valence-corrected chi connectivity index (χ1v) is 10.3. The van der Waals surface area contributed by atoms with Crippen LogP contribution in [0.25, 0.3) is 0 Å². The summed E-state index contributed by atoms with van der Waals surface area (Å²) in [6.07, 6.45) is 1.84. The average Bonchev–Trinajstić information content (AvgIpc) is 3.16. The van der Waals surface area contributed by atoms with Gasteiger partial charge in [0.1, 0.15) is 6.33 Å². The molecule has 0 spiro atoms. The topological polar surface area (TPSA) is 103 Å². The van der Waals surface area contributed by atoms with E-state index < -0.39 is 5.82 Å². The van der Waals surface area contributed by atoms with Gasteiger partial charge in [-0.15, -0.1) is 11.8 Å². The molecule has 1 amide bonds. The highest BCUT2D eigenvalue weighted by atomic mass is 32.2. The Balaban J connectivity index is 1.36. The highest BCUT2D eigenvalue weighted by Gasteiger charge is 2.32. The molecule has 10 heteroatoms. The molecule has 0 aliphatic carbocycles. The number of carbonyl (C=O) groups is 1. The molecule has 2 aromatic rings. The van der Waals surface area contributed by atoms with E-state index in [0.29, 0.717) is 23.5 Å². The lowest BCUT2D eigenvalue weighted by atomic mass is 10.2.